The number of rotatable bonds is 1. The first-order valence-corrected chi connectivity index (χ1v) is 6.33. The zero-order valence-electron chi connectivity index (χ0n) is 10.8. The summed E-state index contributed by atoms with van der Waals surface area (Å²) in [6.45, 7) is 9.19. The molecule has 0 amide bonds. The topological polar surface area (TPSA) is 0 Å². The number of allylic oxidation sites excluding steroid dienone is 2. The number of benzene rings is 1. The van der Waals surface area contributed by atoms with Crippen molar-refractivity contribution >= 4 is 0 Å². The molecule has 0 aromatic heterocycles. The Labute approximate surface area is 99.4 Å². The second-order valence-electron chi connectivity index (χ2n) is 5.43. The standard InChI is InChI=1S/C16H22/c1-11-6-5-7-15(8-11)16-9-12(2)14(4)13(3)10-16/h5-9,13-14,16H,10H2,1-4H3. The highest BCUT2D eigenvalue weighted by molar-refractivity contribution is 5.31. The van der Waals surface area contributed by atoms with Crippen molar-refractivity contribution in [2.45, 2.75) is 40.0 Å². The predicted octanol–water partition coefficient (Wildman–Crippen LogP) is 4.70. The molecule has 0 radical (unpaired) electrons. The molecule has 1 aliphatic rings. The Balaban J connectivity index is 2.29. The highest BCUT2D eigenvalue weighted by Crippen LogP contribution is 2.38. The molecule has 0 bridgehead atoms. The Morgan fingerprint density at radius 3 is 2.50 bits per heavy atom. The predicted molar refractivity (Wildman–Crippen MR) is 70.6 cm³/mol. The van der Waals surface area contributed by atoms with Gasteiger partial charge >= 0.3 is 0 Å². The van der Waals surface area contributed by atoms with Crippen LogP contribution in [0.5, 0.6) is 0 Å². The molecule has 1 aliphatic carbocycles. The molecule has 0 spiro atoms. The molecule has 0 heterocycles. The largest absolute Gasteiger partial charge is 0.0778 e. The van der Waals surface area contributed by atoms with Gasteiger partial charge in [-0.25, -0.2) is 0 Å². The van der Waals surface area contributed by atoms with E-state index in [1.54, 1.807) is 5.57 Å². The maximum atomic E-state index is 2.47. The smallest absolute Gasteiger partial charge is 0.00234 e. The van der Waals surface area contributed by atoms with E-state index in [9.17, 15) is 0 Å². The van der Waals surface area contributed by atoms with Gasteiger partial charge < -0.3 is 0 Å². The van der Waals surface area contributed by atoms with Gasteiger partial charge in [0.05, 0.1) is 0 Å². The minimum atomic E-state index is 0.631. The second kappa shape index (κ2) is 4.45. The summed E-state index contributed by atoms with van der Waals surface area (Å²) in [5.74, 6) is 2.18. The third-order valence-electron chi connectivity index (χ3n) is 4.13. The minimum absolute atomic E-state index is 0.631. The van der Waals surface area contributed by atoms with Gasteiger partial charge in [0.25, 0.3) is 0 Å². The Kier molecular flexibility index (Phi) is 3.18. The monoisotopic (exact) mass is 214 g/mol. The van der Waals surface area contributed by atoms with E-state index in [-0.39, 0.29) is 0 Å². The van der Waals surface area contributed by atoms with Crippen molar-refractivity contribution in [1.82, 2.24) is 0 Å². The van der Waals surface area contributed by atoms with Crippen LogP contribution in [0.4, 0.5) is 0 Å². The van der Waals surface area contributed by atoms with Crippen LogP contribution >= 0.6 is 0 Å². The molecule has 1 aromatic carbocycles. The Morgan fingerprint density at radius 2 is 1.88 bits per heavy atom. The molecular weight excluding hydrogens is 192 g/mol. The molecule has 16 heavy (non-hydrogen) atoms. The molecule has 2 rings (SSSR count). The third kappa shape index (κ3) is 2.21. The van der Waals surface area contributed by atoms with Crippen LogP contribution in [0.15, 0.2) is 35.9 Å². The van der Waals surface area contributed by atoms with Gasteiger partial charge in [0.1, 0.15) is 0 Å². The van der Waals surface area contributed by atoms with Gasteiger partial charge in [0.2, 0.25) is 0 Å². The molecule has 0 saturated carbocycles. The molecule has 0 N–H and O–H groups in total. The third-order valence-corrected chi connectivity index (χ3v) is 4.13. The highest BCUT2D eigenvalue weighted by atomic mass is 14.3. The van der Waals surface area contributed by atoms with Crippen molar-refractivity contribution < 1.29 is 0 Å². The summed E-state index contributed by atoms with van der Waals surface area (Å²) in [6.07, 6.45) is 3.77. The number of hydrogen-bond acceptors (Lipinski definition) is 0. The first-order chi connectivity index (χ1) is 7.58. The summed E-state index contributed by atoms with van der Waals surface area (Å²) in [4.78, 5) is 0. The average molecular weight is 214 g/mol. The maximum Gasteiger partial charge on any atom is 0.00234 e. The van der Waals surface area contributed by atoms with Gasteiger partial charge in [-0.05, 0) is 37.7 Å². The van der Waals surface area contributed by atoms with Crippen LogP contribution < -0.4 is 0 Å². The van der Waals surface area contributed by atoms with Gasteiger partial charge in [-0.15, -0.1) is 0 Å². The molecule has 3 atom stereocenters. The van der Waals surface area contributed by atoms with E-state index in [0.29, 0.717) is 5.92 Å². The lowest BCUT2D eigenvalue weighted by Crippen LogP contribution is -2.18. The first kappa shape index (κ1) is 11.4. The van der Waals surface area contributed by atoms with Crippen molar-refractivity contribution in [2.24, 2.45) is 11.8 Å². The van der Waals surface area contributed by atoms with Gasteiger partial charge in [0.15, 0.2) is 0 Å². The summed E-state index contributed by atoms with van der Waals surface area (Å²) in [7, 11) is 0. The molecule has 0 fully saturated rings. The van der Waals surface area contributed by atoms with Crippen molar-refractivity contribution in [3.05, 3.63) is 47.0 Å². The van der Waals surface area contributed by atoms with Crippen molar-refractivity contribution in [3.8, 4) is 0 Å². The number of aryl methyl sites for hydroxylation is 1. The van der Waals surface area contributed by atoms with Crippen molar-refractivity contribution in [2.75, 3.05) is 0 Å². The van der Waals surface area contributed by atoms with E-state index in [1.165, 1.54) is 17.5 Å². The van der Waals surface area contributed by atoms with Gasteiger partial charge in [-0.2, -0.15) is 0 Å². The summed E-state index contributed by atoms with van der Waals surface area (Å²) >= 11 is 0. The van der Waals surface area contributed by atoms with Crippen molar-refractivity contribution in [1.29, 1.82) is 0 Å². The summed E-state index contributed by atoms with van der Waals surface area (Å²) in [5.41, 5.74) is 4.41. The molecule has 1 aromatic rings. The first-order valence-electron chi connectivity index (χ1n) is 6.33. The Hall–Kier alpha value is -1.04. The lowest BCUT2D eigenvalue weighted by Gasteiger charge is -2.31. The SMILES string of the molecule is CC1=CC(c2cccc(C)c2)CC(C)C1C. The van der Waals surface area contributed by atoms with Crippen LogP contribution in [0, 0.1) is 18.8 Å². The molecule has 0 nitrogen and oxygen atoms in total. The fourth-order valence-corrected chi connectivity index (χ4v) is 2.72. The maximum absolute atomic E-state index is 2.47. The van der Waals surface area contributed by atoms with E-state index < -0.39 is 0 Å². The van der Waals surface area contributed by atoms with Crippen molar-refractivity contribution in [3.63, 3.8) is 0 Å². The van der Waals surface area contributed by atoms with E-state index >= 15 is 0 Å². The molecule has 0 aliphatic heterocycles. The molecule has 86 valence electrons. The van der Waals surface area contributed by atoms with Gasteiger partial charge in [-0.1, -0.05) is 55.3 Å². The van der Waals surface area contributed by atoms with E-state index in [0.717, 1.165) is 11.8 Å². The lowest BCUT2D eigenvalue weighted by molar-refractivity contribution is 0.371. The second-order valence-corrected chi connectivity index (χ2v) is 5.43. The van der Waals surface area contributed by atoms with Crippen LogP contribution in [-0.2, 0) is 0 Å². The molecule has 0 saturated heterocycles. The van der Waals surface area contributed by atoms with Crippen LogP contribution in [0.2, 0.25) is 0 Å². The molecule has 3 unspecified atom stereocenters. The fourth-order valence-electron chi connectivity index (χ4n) is 2.72. The molecule has 0 heteroatoms. The average Bonchev–Trinajstić information content (AvgIpc) is 2.25. The Bertz CT molecular complexity index is 400. The van der Waals surface area contributed by atoms with Crippen LogP contribution in [0.1, 0.15) is 44.2 Å². The summed E-state index contributed by atoms with van der Waals surface area (Å²) in [5, 5.41) is 0. The summed E-state index contributed by atoms with van der Waals surface area (Å²) < 4.78 is 0. The fraction of sp³-hybridized carbons (Fsp3) is 0.500. The van der Waals surface area contributed by atoms with Crippen LogP contribution in [-0.4, -0.2) is 0 Å². The van der Waals surface area contributed by atoms with Crippen LogP contribution in [0.3, 0.4) is 0 Å². The summed E-state index contributed by atoms with van der Waals surface area (Å²) in [6, 6.07) is 8.95. The van der Waals surface area contributed by atoms with Crippen LogP contribution in [0.25, 0.3) is 0 Å². The van der Waals surface area contributed by atoms with E-state index in [2.05, 4.69) is 58.0 Å². The van der Waals surface area contributed by atoms with E-state index in [4.69, 9.17) is 0 Å². The quantitative estimate of drug-likeness (QED) is 0.594. The van der Waals surface area contributed by atoms with Gasteiger partial charge in [0, 0.05) is 5.92 Å². The normalized spacial score (nSPS) is 30.0. The highest BCUT2D eigenvalue weighted by Gasteiger charge is 2.24. The molecular formula is C16H22. The zero-order chi connectivity index (χ0) is 11.7. The minimum Gasteiger partial charge on any atom is -0.0778 e. The van der Waals surface area contributed by atoms with Gasteiger partial charge in [-0.3, -0.25) is 0 Å². The number of hydrogen-bond donors (Lipinski definition) is 0. The zero-order valence-corrected chi connectivity index (χ0v) is 10.8. The van der Waals surface area contributed by atoms with E-state index in [1.807, 2.05) is 0 Å². The lowest BCUT2D eigenvalue weighted by atomic mass is 9.74. The Morgan fingerprint density at radius 1 is 1.12 bits per heavy atom.